The molecule has 0 unspecified atom stereocenters. The molecule has 3 aromatic rings. The van der Waals surface area contributed by atoms with Crippen LogP contribution in [0.4, 0.5) is 6.01 Å². The van der Waals surface area contributed by atoms with Gasteiger partial charge in [0.2, 0.25) is 11.8 Å². The summed E-state index contributed by atoms with van der Waals surface area (Å²) >= 11 is 0. The number of carbonyl (C=O) groups excluding carboxylic acids is 1. The third-order valence-electron chi connectivity index (χ3n) is 3.79. The van der Waals surface area contributed by atoms with Crippen molar-refractivity contribution in [3.05, 3.63) is 59.2 Å². The van der Waals surface area contributed by atoms with Crippen LogP contribution in [0.15, 0.2) is 46.9 Å². The summed E-state index contributed by atoms with van der Waals surface area (Å²) in [5.74, 6) is 0.947. The van der Waals surface area contributed by atoms with Crippen molar-refractivity contribution in [2.24, 2.45) is 0 Å². The van der Waals surface area contributed by atoms with Gasteiger partial charge in [-0.25, -0.2) is 0 Å². The minimum Gasteiger partial charge on any atom is -0.496 e. The number of nitrogens with one attached hydrogen (secondary N) is 1. The lowest BCUT2D eigenvalue weighted by molar-refractivity contribution is -0.115. The number of methoxy groups -OCH3 is 1. The second-order valence-corrected chi connectivity index (χ2v) is 5.81. The molecular formula is C19H19N3O3. The lowest BCUT2D eigenvalue weighted by atomic mass is 10.1. The summed E-state index contributed by atoms with van der Waals surface area (Å²) in [6.45, 7) is 3.94. The minimum absolute atomic E-state index is 0.0887. The van der Waals surface area contributed by atoms with E-state index in [1.54, 1.807) is 7.11 Å². The SMILES string of the molecule is COc1ccc(CC(=O)Nc2nnc(-c3ccc(C)cc3)o2)cc1C. The fourth-order valence-electron chi connectivity index (χ4n) is 2.49. The number of rotatable bonds is 5. The zero-order valence-corrected chi connectivity index (χ0v) is 14.4. The molecule has 25 heavy (non-hydrogen) atoms. The number of aryl methyl sites for hydroxylation is 2. The first-order valence-electron chi connectivity index (χ1n) is 7.89. The maximum atomic E-state index is 12.2. The van der Waals surface area contributed by atoms with Crippen molar-refractivity contribution in [2.45, 2.75) is 20.3 Å². The van der Waals surface area contributed by atoms with Gasteiger partial charge in [0.05, 0.1) is 13.5 Å². The van der Waals surface area contributed by atoms with Crippen LogP contribution in [0.2, 0.25) is 0 Å². The van der Waals surface area contributed by atoms with E-state index in [0.717, 1.165) is 28.0 Å². The molecule has 6 nitrogen and oxygen atoms in total. The first kappa shape index (κ1) is 16.7. The van der Waals surface area contributed by atoms with E-state index in [4.69, 9.17) is 9.15 Å². The molecule has 0 radical (unpaired) electrons. The molecule has 6 heteroatoms. The number of anilines is 1. The number of hydrogen-bond donors (Lipinski definition) is 1. The summed E-state index contributed by atoms with van der Waals surface area (Å²) in [6.07, 6.45) is 0.215. The molecule has 2 aromatic carbocycles. The van der Waals surface area contributed by atoms with E-state index in [9.17, 15) is 4.79 Å². The largest absolute Gasteiger partial charge is 0.496 e. The lowest BCUT2D eigenvalue weighted by Gasteiger charge is -2.07. The third-order valence-corrected chi connectivity index (χ3v) is 3.79. The van der Waals surface area contributed by atoms with Gasteiger partial charge in [-0.05, 0) is 43.2 Å². The maximum absolute atomic E-state index is 12.2. The Morgan fingerprint density at radius 1 is 1.12 bits per heavy atom. The monoisotopic (exact) mass is 337 g/mol. The Morgan fingerprint density at radius 2 is 1.88 bits per heavy atom. The van der Waals surface area contributed by atoms with Crippen LogP contribution < -0.4 is 10.1 Å². The highest BCUT2D eigenvalue weighted by atomic mass is 16.5. The Labute approximate surface area is 145 Å². The van der Waals surface area contributed by atoms with E-state index in [1.165, 1.54) is 0 Å². The molecule has 1 heterocycles. The second-order valence-electron chi connectivity index (χ2n) is 5.81. The van der Waals surface area contributed by atoms with Crippen molar-refractivity contribution in [3.63, 3.8) is 0 Å². The molecule has 0 atom stereocenters. The molecule has 1 N–H and O–H groups in total. The fourth-order valence-corrected chi connectivity index (χ4v) is 2.49. The highest BCUT2D eigenvalue weighted by Gasteiger charge is 2.12. The fraction of sp³-hybridized carbons (Fsp3) is 0.211. The molecule has 0 saturated carbocycles. The van der Waals surface area contributed by atoms with Gasteiger partial charge in [0.15, 0.2) is 0 Å². The van der Waals surface area contributed by atoms with Crippen LogP contribution in [-0.2, 0) is 11.2 Å². The van der Waals surface area contributed by atoms with Gasteiger partial charge in [0.25, 0.3) is 0 Å². The van der Waals surface area contributed by atoms with E-state index in [-0.39, 0.29) is 18.3 Å². The normalized spacial score (nSPS) is 10.5. The summed E-state index contributed by atoms with van der Waals surface area (Å²) in [5, 5.41) is 10.5. The van der Waals surface area contributed by atoms with Gasteiger partial charge in [-0.1, -0.05) is 34.9 Å². The van der Waals surface area contributed by atoms with Gasteiger partial charge in [0.1, 0.15) is 5.75 Å². The molecule has 128 valence electrons. The van der Waals surface area contributed by atoms with E-state index in [1.807, 2.05) is 56.3 Å². The van der Waals surface area contributed by atoms with Crippen molar-refractivity contribution in [1.82, 2.24) is 10.2 Å². The predicted octanol–water partition coefficient (Wildman–Crippen LogP) is 3.54. The molecule has 0 saturated heterocycles. The number of benzene rings is 2. The zero-order valence-electron chi connectivity index (χ0n) is 14.4. The standard InChI is InChI=1S/C19H19N3O3/c1-12-4-7-15(8-5-12)18-21-22-19(25-18)20-17(23)11-14-6-9-16(24-3)13(2)10-14/h4-10H,11H2,1-3H3,(H,20,22,23). The van der Waals surface area contributed by atoms with Gasteiger partial charge in [0, 0.05) is 5.56 Å². The number of hydrogen-bond acceptors (Lipinski definition) is 5. The van der Waals surface area contributed by atoms with Crippen LogP contribution in [0.3, 0.4) is 0 Å². The molecule has 1 amide bonds. The van der Waals surface area contributed by atoms with E-state index in [2.05, 4.69) is 15.5 Å². The molecule has 0 fully saturated rings. The van der Waals surface area contributed by atoms with Gasteiger partial charge in [-0.3, -0.25) is 10.1 Å². The van der Waals surface area contributed by atoms with Gasteiger partial charge >= 0.3 is 6.01 Å². The predicted molar refractivity (Wildman–Crippen MR) is 94.5 cm³/mol. The van der Waals surface area contributed by atoms with Crippen LogP contribution in [0.25, 0.3) is 11.5 Å². The van der Waals surface area contributed by atoms with E-state index >= 15 is 0 Å². The average molecular weight is 337 g/mol. The van der Waals surface area contributed by atoms with Crippen molar-refractivity contribution in [2.75, 3.05) is 12.4 Å². The highest BCUT2D eigenvalue weighted by Crippen LogP contribution is 2.21. The molecule has 0 bridgehead atoms. The summed E-state index contributed by atoms with van der Waals surface area (Å²) < 4.78 is 10.7. The van der Waals surface area contributed by atoms with Gasteiger partial charge in [-0.2, -0.15) is 0 Å². The Kier molecular flexibility index (Phi) is 4.79. The minimum atomic E-state index is -0.219. The average Bonchev–Trinajstić information content (AvgIpc) is 3.04. The topological polar surface area (TPSA) is 77.2 Å². The first-order chi connectivity index (χ1) is 12.0. The molecule has 1 aromatic heterocycles. The molecule has 0 spiro atoms. The molecule has 0 aliphatic rings. The van der Waals surface area contributed by atoms with Crippen LogP contribution in [-0.4, -0.2) is 23.2 Å². The molecule has 3 rings (SSSR count). The van der Waals surface area contributed by atoms with E-state index < -0.39 is 0 Å². The zero-order chi connectivity index (χ0) is 17.8. The van der Waals surface area contributed by atoms with Crippen molar-refractivity contribution >= 4 is 11.9 Å². The van der Waals surface area contributed by atoms with Crippen LogP contribution in [0.5, 0.6) is 5.75 Å². The number of amides is 1. The Balaban J connectivity index is 1.65. The third kappa shape index (κ3) is 4.03. The maximum Gasteiger partial charge on any atom is 0.322 e. The first-order valence-corrected chi connectivity index (χ1v) is 7.89. The van der Waals surface area contributed by atoms with Crippen LogP contribution in [0, 0.1) is 13.8 Å². The van der Waals surface area contributed by atoms with E-state index in [0.29, 0.717) is 5.89 Å². The van der Waals surface area contributed by atoms with Crippen molar-refractivity contribution < 1.29 is 13.9 Å². The Morgan fingerprint density at radius 3 is 2.56 bits per heavy atom. The summed E-state index contributed by atoms with van der Waals surface area (Å²) in [5.41, 5.74) is 3.82. The number of nitrogens with zero attached hydrogens (tertiary/aromatic N) is 2. The number of carbonyl (C=O) groups is 1. The molecule has 0 aliphatic heterocycles. The lowest BCUT2D eigenvalue weighted by Crippen LogP contribution is -2.14. The number of ether oxygens (including phenoxy) is 1. The second kappa shape index (κ2) is 7.17. The highest BCUT2D eigenvalue weighted by molar-refractivity contribution is 5.90. The van der Waals surface area contributed by atoms with Crippen LogP contribution >= 0.6 is 0 Å². The number of aromatic nitrogens is 2. The van der Waals surface area contributed by atoms with Crippen molar-refractivity contribution in [3.8, 4) is 17.2 Å². The summed E-state index contributed by atoms with van der Waals surface area (Å²) in [6, 6.07) is 13.4. The van der Waals surface area contributed by atoms with Crippen LogP contribution in [0.1, 0.15) is 16.7 Å². The molecular weight excluding hydrogens is 318 g/mol. The van der Waals surface area contributed by atoms with Gasteiger partial charge < -0.3 is 9.15 Å². The molecule has 0 aliphatic carbocycles. The quantitative estimate of drug-likeness (QED) is 0.770. The summed E-state index contributed by atoms with van der Waals surface area (Å²) in [4.78, 5) is 12.2. The Bertz CT molecular complexity index is 885. The van der Waals surface area contributed by atoms with Gasteiger partial charge in [-0.15, -0.1) is 5.10 Å². The Hall–Kier alpha value is -3.15. The smallest absolute Gasteiger partial charge is 0.322 e. The van der Waals surface area contributed by atoms with Crippen molar-refractivity contribution in [1.29, 1.82) is 0 Å². The summed E-state index contributed by atoms with van der Waals surface area (Å²) in [7, 11) is 1.62.